The number of rotatable bonds is 5. The van der Waals surface area contributed by atoms with Gasteiger partial charge >= 0.3 is 0 Å². The molecule has 0 amide bonds. The summed E-state index contributed by atoms with van der Waals surface area (Å²) in [6, 6.07) is 0. The van der Waals surface area contributed by atoms with E-state index in [1.807, 2.05) is 0 Å². The predicted octanol–water partition coefficient (Wildman–Crippen LogP) is 1.38. The van der Waals surface area contributed by atoms with Crippen LogP contribution in [0.1, 0.15) is 20.3 Å². The van der Waals surface area contributed by atoms with Crippen molar-refractivity contribution in [1.29, 1.82) is 0 Å². The minimum Gasteiger partial charge on any atom is -0.384 e. The highest BCUT2D eigenvalue weighted by Gasteiger charge is 2.26. The highest BCUT2D eigenvalue weighted by Crippen LogP contribution is 2.23. The van der Waals surface area contributed by atoms with Gasteiger partial charge in [-0.2, -0.15) is 0 Å². The van der Waals surface area contributed by atoms with Gasteiger partial charge in [0.25, 0.3) is 0 Å². The summed E-state index contributed by atoms with van der Waals surface area (Å²) in [6.45, 7) is 10.4. The molecule has 3 heteroatoms. The summed E-state index contributed by atoms with van der Waals surface area (Å²) < 4.78 is 10.6. The van der Waals surface area contributed by atoms with Crippen molar-refractivity contribution < 1.29 is 9.47 Å². The molecule has 1 heterocycles. The Morgan fingerprint density at radius 1 is 1.36 bits per heavy atom. The smallest absolute Gasteiger partial charge is 0.0594 e. The fraction of sp³-hybridized carbons (Fsp3) is 1.00. The van der Waals surface area contributed by atoms with Gasteiger partial charge in [0.1, 0.15) is 0 Å². The molecule has 1 aliphatic heterocycles. The molecule has 84 valence electrons. The van der Waals surface area contributed by atoms with Gasteiger partial charge in [-0.25, -0.2) is 0 Å². The first-order valence-corrected chi connectivity index (χ1v) is 5.49. The van der Waals surface area contributed by atoms with Crippen LogP contribution >= 0.6 is 0 Å². The van der Waals surface area contributed by atoms with Crippen molar-refractivity contribution >= 4 is 0 Å². The Morgan fingerprint density at radius 2 is 2.00 bits per heavy atom. The van der Waals surface area contributed by atoms with Crippen molar-refractivity contribution in [2.24, 2.45) is 5.41 Å². The van der Waals surface area contributed by atoms with E-state index in [0.29, 0.717) is 5.41 Å². The number of hydrogen-bond donors (Lipinski definition) is 0. The molecule has 1 fully saturated rings. The number of morpholine rings is 1. The van der Waals surface area contributed by atoms with Crippen molar-refractivity contribution in [1.82, 2.24) is 4.90 Å². The summed E-state index contributed by atoms with van der Waals surface area (Å²) in [5.41, 5.74) is 0.298. The van der Waals surface area contributed by atoms with E-state index < -0.39 is 0 Å². The molecule has 14 heavy (non-hydrogen) atoms. The van der Waals surface area contributed by atoms with Crippen molar-refractivity contribution in [3.8, 4) is 0 Å². The molecule has 0 aromatic carbocycles. The molecule has 0 bridgehead atoms. The quantitative estimate of drug-likeness (QED) is 0.671. The van der Waals surface area contributed by atoms with Crippen molar-refractivity contribution in [3.05, 3.63) is 0 Å². The van der Waals surface area contributed by atoms with Gasteiger partial charge in [0.2, 0.25) is 0 Å². The monoisotopic (exact) mass is 201 g/mol. The van der Waals surface area contributed by atoms with Gasteiger partial charge in [0.15, 0.2) is 0 Å². The number of hydrogen-bond acceptors (Lipinski definition) is 3. The Hall–Kier alpha value is -0.120. The van der Waals surface area contributed by atoms with Crippen molar-refractivity contribution in [2.75, 3.05) is 46.6 Å². The first-order chi connectivity index (χ1) is 6.70. The van der Waals surface area contributed by atoms with Gasteiger partial charge in [0, 0.05) is 32.2 Å². The lowest BCUT2D eigenvalue weighted by Gasteiger charge is -2.36. The van der Waals surface area contributed by atoms with Gasteiger partial charge in [-0.05, 0) is 6.42 Å². The highest BCUT2D eigenvalue weighted by molar-refractivity contribution is 4.78. The SMILES string of the molecule is CCC(C)(COC)CN1CCOCC1. The second-order valence-corrected chi connectivity index (χ2v) is 4.49. The molecular weight excluding hydrogens is 178 g/mol. The second-order valence-electron chi connectivity index (χ2n) is 4.49. The van der Waals surface area contributed by atoms with Crippen LogP contribution in [0.5, 0.6) is 0 Å². The lowest BCUT2D eigenvalue weighted by molar-refractivity contribution is -0.00180. The average Bonchev–Trinajstić information content (AvgIpc) is 2.20. The Kier molecular flexibility index (Phi) is 4.85. The summed E-state index contributed by atoms with van der Waals surface area (Å²) in [4.78, 5) is 2.48. The van der Waals surface area contributed by atoms with Gasteiger partial charge in [0.05, 0.1) is 19.8 Å². The largest absolute Gasteiger partial charge is 0.384 e. The van der Waals surface area contributed by atoms with Crippen LogP contribution in [-0.4, -0.2) is 51.5 Å². The molecule has 1 atom stereocenters. The van der Waals surface area contributed by atoms with E-state index in [-0.39, 0.29) is 0 Å². The number of nitrogens with zero attached hydrogens (tertiary/aromatic N) is 1. The summed E-state index contributed by atoms with van der Waals surface area (Å²) in [5, 5.41) is 0. The van der Waals surface area contributed by atoms with E-state index in [2.05, 4.69) is 18.7 Å². The zero-order valence-corrected chi connectivity index (χ0v) is 9.71. The first kappa shape index (κ1) is 12.0. The molecule has 0 aliphatic carbocycles. The third-order valence-electron chi connectivity index (χ3n) is 3.06. The van der Waals surface area contributed by atoms with Crippen LogP contribution < -0.4 is 0 Å². The lowest BCUT2D eigenvalue weighted by atomic mass is 9.88. The number of ether oxygens (including phenoxy) is 2. The summed E-state index contributed by atoms with van der Waals surface area (Å²) in [5.74, 6) is 0. The van der Waals surface area contributed by atoms with Crippen molar-refractivity contribution in [2.45, 2.75) is 20.3 Å². The fourth-order valence-electron chi connectivity index (χ4n) is 1.91. The normalized spacial score (nSPS) is 23.4. The van der Waals surface area contributed by atoms with E-state index in [9.17, 15) is 0 Å². The Balaban J connectivity index is 2.37. The van der Waals surface area contributed by atoms with E-state index in [1.54, 1.807) is 7.11 Å². The highest BCUT2D eigenvalue weighted by atomic mass is 16.5. The first-order valence-electron chi connectivity index (χ1n) is 5.49. The summed E-state index contributed by atoms with van der Waals surface area (Å²) in [7, 11) is 1.78. The molecule has 0 saturated carbocycles. The van der Waals surface area contributed by atoms with Gasteiger partial charge < -0.3 is 9.47 Å². The zero-order valence-electron chi connectivity index (χ0n) is 9.71. The minimum atomic E-state index is 0.298. The van der Waals surface area contributed by atoms with Gasteiger partial charge in [-0.1, -0.05) is 13.8 Å². The number of methoxy groups -OCH3 is 1. The Morgan fingerprint density at radius 3 is 2.50 bits per heavy atom. The Labute approximate surface area is 87.4 Å². The maximum atomic E-state index is 5.33. The second kappa shape index (κ2) is 5.69. The van der Waals surface area contributed by atoms with Gasteiger partial charge in [-0.15, -0.1) is 0 Å². The van der Waals surface area contributed by atoms with E-state index in [0.717, 1.165) is 45.9 Å². The molecule has 0 aromatic rings. The van der Waals surface area contributed by atoms with E-state index >= 15 is 0 Å². The molecule has 0 N–H and O–H groups in total. The fourth-order valence-corrected chi connectivity index (χ4v) is 1.91. The third-order valence-corrected chi connectivity index (χ3v) is 3.06. The average molecular weight is 201 g/mol. The molecule has 1 unspecified atom stereocenters. The third kappa shape index (κ3) is 3.56. The zero-order chi connectivity index (χ0) is 10.4. The molecular formula is C11H23NO2. The molecule has 1 saturated heterocycles. The molecule has 0 radical (unpaired) electrons. The van der Waals surface area contributed by atoms with Crippen LogP contribution in [0.25, 0.3) is 0 Å². The molecule has 0 aromatic heterocycles. The van der Waals surface area contributed by atoms with Crippen LogP contribution in [0.2, 0.25) is 0 Å². The van der Waals surface area contributed by atoms with Crippen LogP contribution in [0.15, 0.2) is 0 Å². The molecule has 1 rings (SSSR count). The van der Waals surface area contributed by atoms with E-state index in [1.165, 1.54) is 0 Å². The summed E-state index contributed by atoms with van der Waals surface area (Å²) >= 11 is 0. The maximum Gasteiger partial charge on any atom is 0.0594 e. The molecule has 0 spiro atoms. The van der Waals surface area contributed by atoms with E-state index in [4.69, 9.17) is 9.47 Å². The van der Waals surface area contributed by atoms with Gasteiger partial charge in [-0.3, -0.25) is 4.90 Å². The molecule has 1 aliphatic rings. The van der Waals surface area contributed by atoms with Crippen LogP contribution in [0.4, 0.5) is 0 Å². The maximum absolute atomic E-state index is 5.33. The lowest BCUT2D eigenvalue weighted by Crippen LogP contribution is -2.44. The standard InChI is InChI=1S/C11H23NO2/c1-4-11(2,10-13-3)9-12-5-7-14-8-6-12/h4-10H2,1-3H3. The van der Waals surface area contributed by atoms with Crippen molar-refractivity contribution in [3.63, 3.8) is 0 Å². The van der Waals surface area contributed by atoms with Crippen LogP contribution in [-0.2, 0) is 9.47 Å². The Bertz CT molecular complexity index is 157. The van der Waals surface area contributed by atoms with Crippen LogP contribution in [0, 0.1) is 5.41 Å². The summed E-state index contributed by atoms with van der Waals surface area (Å²) in [6.07, 6.45) is 1.16. The predicted molar refractivity (Wildman–Crippen MR) is 57.5 cm³/mol. The molecule has 3 nitrogen and oxygen atoms in total. The minimum absolute atomic E-state index is 0.298. The van der Waals surface area contributed by atoms with Crippen LogP contribution in [0.3, 0.4) is 0 Å². The topological polar surface area (TPSA) is 21.7 Å².